The molecule has 19 heavy (non-hydrogen) atoms. The Morgan fingerprint density at radius 2 is 2.11 bits per heavy atom. The zero-order valence-corrected chi connectivity index (χ0v) is 11.1. The summed E-state index contributed by atoms with van der Waals surface area (Å²) < 4.78 is 7.38. The Kier molecular flexibility index (Phi) is 3.11. The SMILES string of the molecule is COc1ccc(-c2nnc3n2CCCCC3)c(N)c1. The first-order valence-corrected chi connectivity index (χ1v) is 6.65. The lowest BCUT2D eigenvalue weighted by Gasteiger charge is -2.10. The summed E-state index contributed by atoms with van der Waals surface area (Å²) in [6, 6.07) is 5.69. The van der Waals surface area contributed by atoms with E-state index in [-0.39, 0.29) is 0 Å². The second-order valence-corrected chi connectivity index (χ2v) is 4.86. The molecule has 0 amide bonds. The molecule has 5 heteroatoms. The van der Waals surface area contributed by atoms with E-state index in [4.69, 9.17) is 10.5 Å². The van der Waals surface area contributed by atoms with Crippen molar-refractivity contribution in [2.45, 2.75) is 32.2 Å². The number of nitrogens with two attached hydrogens (primary N) is 1. The molecule has 2 heterocycles. The molecule has 0 fully saturated rings. The predicted molar refractivity (Wildman–Crippen MR) is 74.0 cm³/mol. The Labute approximate surface area is 112 Å². The summed E-state index contributed by atoms with van der Waals surface area (Å²) in [5.74, 6) is 2.71. The molecule has 0 atom stereocenters. The van der Waals surface area contributed by atoms with Gasteiger partial charge in [-0.1, -0.05) is 6.42 Å². The fourth-order valence-corrected chi connectivity index (χ4v) is 2.56. The highest BCUT2D eigenvalue weighted by Gasteiger charge is 2.17. The average molecular weight is 258 g/mol. The quantitative estimate of drug-likeness (QED) is 0.839. The molecule has 0 unspecified atom stereocenters. The van der Waals surface area contributed by atoms with E-state index >= 15 is 0 Å². The summed E-state index contributed by atoms with van der Waals surface area (Å²) in [5.41, 5.74) is 7.71. The van der Waals surface area contributed by atoms with E-state index in [0.717, 1.165) is 35.9 Å². The zero-order valence-electron chi connectivity index (χ0n) is 11.1. The zero-order chi connectivity index (χ0) is 13.2. The van der Waals surface area contributed by atoms with E-state index in [9.17, 15) is 0 Å². The van der Waals surface area contributed by atoms with Gasteiger partial charge in [0.25, 0.3) is 0 Å². The molecular weight excluding hydrogens is 240 g/mol. The van der Waals surface area contributed by atoms with E-state index < -0.39 is 0 Å². The van der Waals surface area contributed by atoms with Gasteiger partial charge in [-0.25, -0.2) is 0 Å². The number of aromatic nitrogens is 3. The van der Waals surface area contributed by atoms with Gasteiger partial charge >= 0.3 is 0 Å². The highest BCUT2D eigenvalue weighted by atomic mass is 16.5. The molecule has 1 aliphatic rings. The van der Waals surface area contributed by atoms with Crippen LogP contribution in [0.15, 0.2) is 18.2 Å². The fourth-order valence-electron chi connectivity index (χ4n) is 2.56. The van der Waals surface area contributed by atoms with Gasteiger partial charge in [0.2, 0.25) is 0 Å². The van der Waals surface area contributed by atoms with Crippen LogP contribution >= 0.6 is 0 Å². The lowest BCUT2D eigenvalue weighted by molar-refractivity contribution is 0.415. The number of aryl methyl sites for hydroxylation is 1. The summed E-state index contributed by atoms with van der Waals surface area (Å²) >= 11 is 0. The van der Waals surface area contributed by atoms with Crippen molar-refractivity contribution in [3.8, 4) is 17.1 Å². The Balaban J connectivity index is 2.05. The maximum atomic E-state index is 6.10. The first-order valence-electron chi connectivity index (χ1n) is 6.65. The van der Waals surface area contributed by atoms with Crippen LogP contribution in [0.25, 0.3) is 11.4 Å². The summed E-state index contributed by atoms with van der Waals surface area (Å²) in [4.78, 5) is 0. The number of nitrogen functional groups attached to an aromatic ring is 1. The normalized spacial score (nSPS) is 14.8. The average Bonchev–Trinajstić information content (AvgIpc) is 2.67. The third-order valence-corrected chi connectivity index (χ3v) is 3.61. The summed E-state index contributed by atoms with van der Waals surface area (Å²) in [5, 5.41) is 8.62. The van der Waals surface area contributed by atoms with Crippen LogP contribution in [-0.2, 0) is 13.0 Å². The van der Waals surface area contributed by atoms with E-state index in [1.165, 1.54) is 19.3 Å². The summed E-state index contributed by atoms with van der Waals surface area (Å²) in [6.45, 7) is 0.975. The standard InChI is InChI=1S/C14H18N4O/c1-19-10-6-7-11(12(15)9-10)14-17-16-13-5-3-2-4-8-18(13)14/h6-7,9H,2-5,8,15H2,1H3. The van der Waals surface area contributed by atoms with Crippen molar-refractivity contribution in [3.63, 3.8) is 0 Å². The van der Waals surface area contributed by atoms with E-state index in [1.54, 1.807) is 7.11 Å². The van der Waals surface area contributed by atoms with Gasteiger partial charge in [0.05, 0.1) is 7.11 Å². The molecule has 1 aliphatic heterocycles. The molecule has 0 spiro atoms. The molecule has 1 aromatic heterocycles. The minimum atomic E-state index is 0.679. The van der Waals surface area contributed by atoms with Crippen molar-refractivity contribution in [2.75, 3.05) is 12.8 Å². The lowest BCUT2D eigenvalue weighted by Crippen LogP contribution is -2.04. The number of ether oxygens (including phenoxy) is 1. The maximum absolute atomic E-state index is 6.10. The van der Waals surface area contributed by atoms with Gasteiger partial charge in [-0.15, -0.1) is 10.2 Å². The van der Waals surface area contributed by atoms with Gasteiger partial charge < -0.3 is 15.0 Å². The smallest absolute Gasteiger partial charge is 0.166 e. The van der Waals surface area contributed by atoms with Crippen molar-refractivity contribution in [1.29, 1.82) is 0 Å². The number of anilines is 1. The van der Waals surface area contributed by atoms with Gasteiger partial charge in [0.1, 0.15) is 11.6 Å². The molecule has 0 saturated carbocycles. The van der Waals surface area contributed by atoms with Crippen molar-refractivity contribution in [3.05, 3.63) is 24.0 Å². The monoisotopic (exact) mass is 258 g/mol. The summed E-state index contributed by atoms with van der Waals surface area (Å²) in [6.07, 6.45) is 4.62. The lowest BCUT2D eigenvalue weighted by atomic mass is 10.1. The molecule has 0 radical (unpaired) electrons. The summed E-state index contributed by atoms with van der Waals surface area (Å²) in [7, 11) is 1.64. The number of fused-ring (bicyclic) bond motifs is 1. The number of hydrogen-bond acceptors (Lipinski definition) is 4. The second-order valence-electron chi connectivity index (χ2n) is 4.86. The highest BCUT2D eigenvalue weighted by molar-refractivity contribution is 5.73. The van der Waals surface area contributed by atoms with Crippen LogP contribution in [0.4, 0.5) is 5.69 Å². The number of benzene rings is 1. The number of methoxy groups -OCH3 is 1. The van der Waals surface area contributed by atoms with Gasteiger partial charge in [-0.2, -0.15) is 0 Å². The molecule has 0 aliphatic carbocycles. The predicted octanol–water partition coefficient (Wildman–Crippen LogP) is 2.26. The Morgan fingerprint density at radius 3 is 2.89 bits per heavy atom. The topological polar surface area (TPSA) is 66.0 Å². The first kappa shape index (κ1) is 12.0. The van der Waals surface area contributed by atoms with Gasteiger partial charge in [-0.05, 0) is 25.0 Å². The maximum Gasteiger partial charge on any atom is 0.166 e. The third kappa shape index (κ3) is 2.16. The molecular formula is C14H18N4O. The first-order chi connectivity index (χ1) is 9.29. The van der Waals surface area contributed by atoms with Crippen LogP contribution in [-0.4, -0.2) is 21.9 Å². The Bertz CT molecular complexity index is 591. The fraction of sp³-hybridized carbons (Fsp3) is 0.429. The van der Waals surface area contributed by atoms with E-state index in [2.05, 4.69) is 14.8 Å². The van der Waals surface area contributed by atoms with Gasteiger partial charge in [0, 0.05) is 30.3 Å². The second kappa shape index (κ2) is 4.91. The minimum Gasteiger partial charge on any atom is -0.497 e. The van der Waals surface area contributed by atoms with E-state index in [1.807, 2.05) is 18.2 Å². The molecule has 0 bridgehead atoms. The minimum absolute atomic E-state index is 0.679. The van der Waals surface area contributed by atoms with Crippen molar-refractivity contribution >= 4 is 5.69 Å². The molecule has 0 saturated heterocycles. The molecule has 1 aromatic carbocycles. The molecule has 2 aromatic rings. The van der Waals surface area contributed by atoms with Crippen LogP contribution in [0.2, 0.25) is 0 Å². The molecule has 3 rings (SSSR count). The highest BCUT2D eigenvalue weighted by Crippen LogP contribution is 2.29. The largest absolute Gasteiger partial charge is 0.497 e. The van der Waals surface area contributed by atoms with Gasteiger partial charge in [-0.3, -0.25) is 0 Å². The van der Waals surface area contributed by atoms with Crippen LogP contribution in [0.3, 0.4) is 0 Å². The Morgan fingerprint density at radius 1 is 1.21 bits per heavy atom. The molecule has 2 N–H and O–H groups in total. The van der Waals surface area contributed by atoms with Crippen LogP contribution in [0, 0.1) is 0 Å². The van der Waals surface area contributed by atoms with Crippen LogP contribution < -0.4 is 10.5 Å². The number of hydrogen-bond donors (Lipinski definition) is 1. The van der Waals surface area contributed by atoms with Crippen molar-refractivity contribution in [2.24, 2.45) is 0 Å². The number of nitrogens with zero attached hydrogens (tertiary/aromatic N) is 3. The third-order valence-electron chi connectivity index (χ3n) is 3.61. The van der Waals surface area contributed by atoms with Gasteiger partial charge in [0.15, 0.2) is 5.82 Å². The Hall–Kier alpha value is -2.04. The van der Waals surface area contributed by atoms with Crippen LogP contribution in [0.1, 0.15) is 25.1 Å². The van der Waals surface area contributed by atoms with Crippen molar-refractivity contribution in [1.82, 2.24) is 14.8 Å². The molecule has 100 valence electrons. The van der Waals surface area contributed by atoms with Crippen molar-refractivity contribution < 1.29 is 4.74 Å². The van der Waals surface area contributed by atoms with E-state index in [0.29, 0.717) is 5.69 Å². The number of rotatable bonds is 2. The van der Waals surface area contributed by atoms with Crippen LogP contribution in [0.5, 0.6) is 5.75 Å². The molecule has 5 nitrogen and oxygen atoms in total.